The average Bonchev–Trinajstić information content (AvgIpc) is 2.16. The largest absolute Gasteiger partial charge is 0.466 e. The Hall–Kier alpha value is -0.220. The third-order valence-corrected chi connectivity index (χ3v) is 4.07. The number of thioether (sulfide) groups is 1. The van der Waals surface area contributed by atoms with E-state index in [0.717, 1.165) is 13.1 Å². The topological polar surface area (TPSA) is 29.5 Å². The summed E-state index contributed by atoms with van der Waals surface area (Å²) >= 11 is 2.03. The normalized spacial score (nSPS) is 28.8. The third kappa shape index (κ3) is 4.34. The zero-order valence-corrected chi connectivity index (χ0v) is 11.5. The lowest BCUT2D eigenvalue weighted by atomic mass is 10.2. The molecule has 3 atom stereocenters. The van der Waals surface area contributed by atoms with Gasteiger partial charge in [-0.1, -0.05) is 13.8 Å². The summed E-state index contributed by atoms with van der Waals surface area (Å²) in [7, 11) is 0. The molecule has 0 saturated carbocycles. The molecule has 4 heteroatoms. The second kappa shape index (κ2) is 6.50. The van der Waals surface area contributed by atoms with Crippen molar-refractivity contribution < 1.29 is 9.53 Å². The Kier molecular flexibility index (Phi) is 5.62. The maximum Gasteiger partial charge on any atom is 0.307 e. The Balaban J connectivity index is 2.40. The summed E-state index contributed by atoms with van der Waals surface area (Å²) in [6.07, 6.45) is 0.512. The highest BCUT2D eigenvalue weighted by atomic mass is 32.2. The van der Waals surface area contributed by atoms with E-state index < -0.39 is 0 Å². The van der Waals surface area contributed by atoms with Crippen molar-refractivity contribution in [2.75, 3.05) is 19.7 Å². The van der Waals surface area contributed by atoms with E-state index in [0.29, 0.717) is 29.6 Å². The summed E-state index contributed by atoms with van der Waals surface area (Å²) in [6.45, 7) is 11.1. The van der Waals surface area contributed by atoms with E-state index in [2.05, 4.69) is 25.7 Å². The highest BCUT2D eigenvalue weighted by molar-refractivity contribution is 8.00. The quantitative estimate of drug-likeness (QED) is 0.710. The summed E-state index contributed by atoms with van der Waals surface area (Å²) in [5.41, 5.74) is 0. The first-order valence-electron chi connectivity index (χ1n) is 6.08. The molecule has 1 saturated heterocycles. The lowest BCUT2D eigenvalue weighted by Gasteiger charge is -2.38. The number of nitrogens with zero attached hydrogens (tertiary/aromatic N) is 1. The van der Waals surface area contributed by atoms with Crippen LogP contribution in [0.3, 0.4) is 0 Å². The second-order valence-electron chi connectivity index (χ2n) is 4.57. The minimum atomic E-state index is -0.0754. The van der Waals surface area contributed by atoms with Crippen molar-refractivity contribution in [3.8, 4) is 0 Å². The molecule has 1 heterocycles. The van der Waals surface area contributed by atoms with Gasteiger partial charge in [-0.25, -0.2) is 0 Å². The molecule has 0 aromatic rings. The molecule has 1 fully saturated rings. The van der Waals surface area contributed by atoms with Gasteiger partial charge in [-0.05, 0) is 13.8 Å². The van der Waals surface area contributed by atoms with Crippen LogP contribution in [0.4, 0.5) is 0 Å². The van der Waals surface area contributed by atoms with Crippen LogP contribution in [-0.2, 0) is 9.53 Å². The van der Waals surface area contributed by atoms with E-state index in [1.54, 1.807) is 0 Å². The van der Waals surface area contributed by atoms with Crippen LogP contribution in [0.15, 0.2) is 0 Å². The van der Waals surface area contributed by atoms with Crippen LogP contribution >= 0.6 is 11.8 Å². The van der Waals surface area contributed by atoms with Crippen LogP contribution in [0.5, 0.6) is 0 Å². The van der Waals surface area contributed by atoms with E-state index in [4.69, 9.17) is 4.74 Å². The van der Waals surface area contributed by atoms with Crippen molar-refractivity contribution in [3.05, 3.63) is 0 Å². The summed E-state index contributed by atoms with van der Waals surface area (Å²) in [4.78, 5) is 13.8. The van der Waals surface area contributed by atoms with Crippen molar-refractivity contribution in [2.45, 2.75) is 50.7 Å². The van der Waals surface area contributed by atoms with Gasteiger partial charge in [-0.2, -0.15) is 11.8 Å². The van der Waals surface area contributed by atoms with Gasteiger partial charge >= 0.3 is 5.97 Å². The van der Waals surface area contributed by atoms with Gasteiger partial charge in [0.25, 0.3) is 0 Å². The standard InChI is InChI=1S/C12H23NO2S/c1-5-15-12(14)6-9(2)13-7-10(3)16-11(4)8-13/h9-11H,5-8H2,1-4H3. The van der Waals surface area contributed by atoms with Crippen molar-refractivity contribution >= 4 is 17.7 Å². The first-order valence-corrected chi connectivity index (χ1v) is 7.02. The molecule has 3 unspecified atom stereocenters. The molecule has 0 radical (unpaired) electrons. The van der Waals surface area contributed by atoms with E-state index in [9.17, 15) is 4.79 Å². The molecule has 0 spiro atoms. The predicted octanol–water partition coefficient (Wildman–Crippen LogP) is 2.15. The monoisotopic (exact) mass is 245 g/mol. The van der Waals surface area contributed by atoms with E-state index in [1.165, 1.54) is 0 Å². The van der Waals surface area contributed by atoms with Crippen molar-refractivity contribution in [1.29, 1.82) is 0 Å². The minimum absolute atomic E-state index is 0.0754. The highest BCUT2D eigenvalue weighted by Gasteiger charge is 2.26. The lowest BCUT2D eigenvalue weighted by Crippen LogP contribution is -2.46. The Morgan fingerprint density at radius 1 is 1.44 bits per heavy atom. The van der Waals surface area contributed by atoms with Gasteiger partial charge in [0.2, 0.25) is 0 Å². The number of rotatable bonds is 4. The van der Waals surface area contributed by atoms with Gasteiger partial charge in [-0.3, -0.25) is 9.69 Å². The second-order valence-corrected chi connectivity index (χ2v) is 6.45. The van der Waals surface area contributed by atoms with Crippen LogP contribution in [0, 0.1) is 0 Å². The van der Waals surface area contributed by atoms with Crippen LogP contribution in [-0.4, -0.2) is 47.1 Å². The summed E-state index contributed by atoms with van der Waals surface area (Å²) in [5, 5.41) is 1.32. The van der Waals surface area contributed by atoms with Crippen molar-refractivity contribution in [2.24, 2.45) is 0 Å². The zero-order chi connectivity index (χ0) is 12.1. The fraction of sp³-hybridized carbons (Fsp3) is 0.917. The maximum absolute atomic E-state index is 11.4. The molecule has 0 bridgehead atoms. The Morgan fingerprint density at radius 2 is 2.00 bits per heavy atom. The molecular formula is C12H23NO2S. The Labute approximate surface area is 103 Å². The Morgan fingerprint density at radius 3 is 2.50 bits per heavy atom. The van der Waals surface area contributed by atoms with Crippen LogP contribution < -0.4 is 0 Å². The molecule has 1 aliphatic rings. The molecule has 1 rings (SSSR count). The zero-order valence-electron chi connectivity index (χ0n) is 10.7. The van der Waals surface area contributed by atoms with Crippen molar-refractivity contribution in [1.82, 2.24) is 4.90 Å². The number of hydrogen-bond donors (Lipinski definition) is 0. The minimum Gasteiger partial charge on any atom is -0.466 e. The van der Waals surface area contributed by atoms with Crippen LogP contribution in [0.25, 0.3) is 0 Å². The summed E-state index contributed by atoms with van der Waals surface area (Å²) < 4.78 is 4.99. The van der Waals surface area contributed by atoms with Gasteiger partial charge < -0.3 is 4.74 Å². The SMILES string of the molecule is CCOC(=O)CC(C)N1CC(C)SC(C)C1. The molecule has 1 aliphatic heterocycles. The molecule has 16 heavy (non-hydrogen) atoms. The smallest absolute Gasteiger partial charge is 0.307 e. The molecule has 0 aliphatic carbocycles. The fourth-order valence-corrected chi connectivity index (χ4v) is 3.52. The number of hydrogen-bond acceptors (Lipinski definition) is 4. The maximum atomic E-state index is 11.4. The third-order valence-electron chi connectivity index (χ3n) is 2.84. The van der Waals surface area contributed by atoms with E-state index in [1.807, 2.05) is 18.7 Å². The molecule has 0 aromatic carbocycles. The predicted molar refractivity (Wildman–Crippen MR) is 68.8 cm³/mol. The van der Waals surface area contributed by atoms with Gasteiger partial charge in [-0.15, -0.1) is 0 Å². The van der Waals surface area contributed by atoms with Crippen LogP contribution in [0.2, 0.25) is 0 Å². The molecule has 94 valence electrons. The van der Waals surface area contributed by atoms with E-state index in [-0.39, 0.29) is 5.97 Å². The molecule has 3 nitrogen and oxygen atoms in total. The Bertz CT molecular complexity index is 225. The fourth-order valence-electron chi connectivity index (χ4n) is 2.17. The molecule has 0 N–H and O–H groups in total. The van der Waals surface area contributed by atoms with Gasteiger partial charge in [0, 0.05) is 29.6 Å². The molecule has 0 aromatic heterocycles. The number of esters is 1. The first kappa shape index (κ1) is 13.8. The molecular weight excluding hydrogens is 222 g/mol. The van der Waals surface area contributed by atoms with Gasteiger partial charge in [0.1, 0.15) is 0 Å². The number of ether oxygens (including phenoxy) is 1. The summed E-state index contributed by atoms with van der Waals surface area (Å²) in [5.74, 6) is -0.0754. The average molecular weight is 245 g/mol. The van der Waals surface area contributed by atoms with E-state index >= 15 is 0 Å². The first-order chi connectivity index (χ1) is 7.52. The number of carbonyl (C=O) groups excluding carboxylic acids is 1. The van der Waals surface area contributed by atoms with Gasteiger partial charge in [0.15, 0.2) is 0 Å². The lowest BCUT2D eigenvalue weighted by molar-refractivity contribution is -0.144. The highest BCUT2D eigenvalue weighted by Crippen LogP contribution is 2.26. The van der Waals surface area contributed by atoms with Crippen molar-refractivity contribution in [3.63, 3.8) is 0 Å². The number of carbonyl (C=O) groups is 1. The molecule has 0 amide bonds. The summed E-state index contributed by atoms with van der Waals surface area (Å²) in [6, 6.07) is 0.296. The van der Waals surface area contributed by atoms with Crippen LogP contribution in [0.1, 0.15) is 34.1 Å². The van der Waals surface area contributed by atoms with Gasteiger partial charge in [0.05, 0.1) is 13.0 Å².